The van der Waals surface area contributed by atoms with Crippen LogP contribution in [0.4, 0.5) is 0 Å². The molecule has 0 atom stereocenters. The lowest BCUT2D eigenvalue weighted by Gasteiger charge is -2.20. The smallest absolute Gasteiger partial charge is 0.0681 e. The third-order valence-electron chi connectivity index (χ3n) is 3.24. The van der Waals surface area contributed by atoms with Crippen molar-refractivity contribution in [3.05, 3.63) is 35.4 Å². The molecule has 1 aromatic carbocycles. The minimum atomic E-state index is 0.149. The molecule has 88 valence electrons. The average molecular weight is 236 g/mol. The van der Waals surface area contributed by atoms with Gasteiger partial charge in [0.15, 0.2) is 0 Å². The van der Waals surface area contributed by atoms with Crippen LogP contribution in [0.25, 0.3) is 0 Å². The summed E-state index contributed by atoms with van der Waals surface area (Å²) in [7, 11) is 0. The lowest BCUT2D eigenvalue weighted by atomic mass is 10.0. The lowest BCUT2D eigenvalue weighted by Crippen LogP contribution is -2.08. The second-order valence-corrected chi connectivity index (χ2v) is 5.83. The van der Waals surface area contributed by atoms with E-state index >= 15 is 0 Å². The Bertz CT molecular complexity index is 301. The number of rotatable bonds is 4. The van der Waals surface area contributed by atoms with Gasteiger partial charge < -0.3 is 5.11 Å². The van der Waals surface area contributed by atoms with Gasteiger partial charge in [0, 0.05) is 11.0 Å². The predicted molar refractivity (Wildman–Crippen MR) is 70.5 cm³/mol. The van der Waals surface area contributed by atoms with Gasteiger partial charge in [-0.2, -0.15) is 11.8 Å². The Labute approximate surface area is 102 Å². The van der Waals surface area contributed by atoms with Crippen LogP contribution in [0.5, 0.6) is 0 Å². The summed E-state index contributed by atoms with van der Waals surface area (Å²) >= 11 is 2.10. The minimum Gasteiger partial charge on any atom is -0.392 e. The van der Waals surface area contributed by atoms with Crippen molar-refractivity contribution < 1.29 is 5.11 Å². The molecule has 1 N–H and O–H groups in total. The van der Waals surface area contributed by atoms with Crippen LogP contribution in [0.1, 0.15) is 43.2 Å². The Morgan fingerprint density at radius 2 is 1.62 bits per heavy atom. The minimum absolute atomic E-state index is 0.149. The van der Waals surface area contributed by atoms with E-state index in [-0.39, 0.29) is 6.61 Å². The third-order valence-corrected chi connectivity index (χ3v) is 4.69. The zero-order valence-corrected chi connectivity index (χ0v) is 10.5. The fourth-order valence-corrected chi connectivity index (χ4v) is 3.47. The first-order chi connectivity index (χ1) is 7.88. The molecule has 16 heavy (non-hydrogen) atoms. The maximum absolute atomic E-state index is 8.96. The molecule has 0 spiro atoms. The molecule has 1 aromatic rings. The first-order valence-corrected chi connectivity index (χ1v) is 7.23. The van der Waals surface area contributed by atoms with Crippen molar-refractivity contribution in [1.29, 1.82) is 0 Å². The molecule has 1 aliphatic rings. The quantitative estimate of drug-likeness (QED) is 0.859. The van der Waals surface area contributed by atoms with Crippen molar-refractivity contribution in [3.8, 4) is 0 Å². The van der Waals surface area contributed by atoms with E-state index in [0.717, 1.165) is 16.6 Å². The summed E-state index contributed by atoms with van der Waals surface area (Å²) in [5.74, 6) is 1.12. The van der Waals surface area contributed by atoms with E-state index in [1.807, 2.05) is 12.1 Å². The second kappa shape index (κ2) is 6.31. The third kappa shape index (κ3) is 3.53. The van der Waals surface area contributed by atoms with Crippen LogP contribution in [0.2, 0.25) is 0 Å². The van der Waals surface area contributed by atoms with Crippen molar-refractivity contribution in [2.75, 3.05) is 0 Å². The van der Waals surface area contributed by atoms with Gasteiger partial charge in [0.2, 0.25) is 0 Å². The highest BCUT2D eigenvalue weighted by molar-refractivity contribution is 7.99. The molecule has 1 saturated carbocycles. The molecule has 0 aliphatic heterocycles. The van der Waals surface area contributed by atoms with Crippen LogP contribution in [0.3, 0.4) is 0 Å². The average Bonchev–Trinajstić information content (AvgIpc) is 2.38. The Balaban J connectivity index is 1.79. The Kier molecular flexibility index (Phi) is 4.73. The van der Waals surface area contributed by atoms with Crippen LogP contribution < -0.4 is 0 Å². The van der Waals surface area contributed by atoms with Crippen molar-refractivity contribution in [1.82, 2.24) is 0 Å². The predicted octanol–water partition coefficient (Wildman–Crippen LogP) is 3.74. The van der Waals surface area contributed by atoms with E-state index in [2.05, 4.69) is 23.9 Å². The monoisotopic (exact) mass is 236 g/mol. The van der Waals surface area contributed by atoms with Crippen LogP contribution >= 0.6 is 11.8 Å². The molecule has 2 heteroatoms. The Morgan fingerprint density at radius 3 is 2.25 bits per heavy atom. The summed E-state index contributed by atoms with van der Waals surface area (Å²) in [6.07, 6.45) is 7.07. The summed E-state index contributed by atoms with van der Waals surface area (Å²) < 4.78 is 0. The summed E-state index contributed by atoms with van der Waals surface area (Å²) in [6.45, 7) is 0.149. The molecule has 0 amide bonds. The van der Waals surface area contributed by atoms with Gasteiger partial charge in [-0.3, -0.25) is 0 Å². The zero-order chi connectivity index (χ0) is 11.2. The molecule has 0 bridgehead atoms. The first-order valence-electron chi connectivity index (χ1n) is 6.19. The molecule has 0 radical (unpaired) electrons. The summed E-state index contributed by atoms with van der Waals surface area (Å²) in [5.41, 5.74) is 2.39. The lowest BCUT2D eigenvalue weighted by molar-refractivity contribution is 0.282. The molecular weight excluding hydrogens is 216 g/mol. The van der Waals surface area contributed by atoms with Gasteiger partial charge >= 0.3 is 0 Å². The van der Waals surface area contributed by atoms with Gasteiger partial charge in [0.1, 0.15) is 0 Å². The summed E-state index contributed by atoms with van der Waals surface area (Å²) in [4.78, 5) is 0. The Hall–Kier alpha value is -0.470. The fraction of sp³-hybridized carbons (Fsp3) is 0.571. The summed E-state index contributed by atoms with van der Waals surface area (Å²) in [5, 5.41) is 9.84. The zero-order valence-electron chi connectivity index (χ0n) is 9.69. The number of hydrogen-bond acceptors (Lipinski definition) is 2. The summed E-state index contributed by atoms with van der Waals surface area (Å²) in [6, 6.07) is 8.33. The molecule has 2 rings (SSSR count). The van der Waals surface area contributed by atoms with Gasteiger partial charge in [-0.05, 0) is 24.0 Å². The van der Waals surface area contributed by atoms with E-state index in [4.69, 9.17) is 5.11 Å². The molecule has 0 saturated heterocycles. The number of aliphatic hydroxyl groups excluding tert-OH is 1. The molecule has 0 aromatic heterocycles. The largest absolute Gasteiger partial charge is 0.392 e. The topological polar surface area (TPSA) is 20.2 Å². The molecule has 1 fully saturated rings. The highest BCUT2D eigenvalue weighted by Crippen LogP contribution is 2.30. The number of thioether (sulfide) groups is 1. The van der Waals surface area contributed by atoms with E-state index in [0.29, 0.717) is 0 Å². The van der Waals surface area contributed by atoms with Crippen LogP contribution in [0.15, 0.2) is 24.3 Å². The van der Waals surface area contributed by atoms with E-state index in [9.17, 15) is 0 Å². The van der Waals surface area contributed by atoms with Gasteiger partial charge in [-0.1, -0.05) is 43.5 Å². The molecule has 0 unspecified atom stereocenters. The van der Waals surface area contributed by atoms with E-state index < -0.39 is 0 Å². The molecular formula is C14H20OS. The highest BCUT2D eigenvalue weighted by atomic mass is 32.2. The van der Waals surface area contributed by atoms with Gasteiger partial charge in [-0.15, -0.1) is 0 Å². The molecule has 1 nitrogen and oxygen atoms in total. The van der Waals surface area contributed by atoms with Crippen LogP contribution in [0, 0.1) is 0 Å². The van der Waals surface area contributed by atoms with Gasteiger partial charge in [0.25, 0.3) is 0 Å². The molecule has 0 heterocycles. The maximum atomic E-state index is 8.96. The van der Waals surface area contributed by atoms with Gasteiger partial charge in [-0.25, -0.2) is 0 Å². The standard InChI is InChI=1S/C14H20OS/c15-10-12-6-8-13(9-7-12)11-16-14-4-2-1-3-5-14/h6-9,14-15H,1-5,10-11H2. The van der Waals surface area contributed by atoms with Gasteiger partial charge in [0.05, 0.1) is 6.61 Å². The highest BCUT2D eigenvalue weighted by Gasteiger charge is 2.13. The maximum Gasteiger partial charge on any atom is 0.0681 e. The van der Waals surface area contributed by atoms with Crippen LogP contribution in [-0.4, -0.2) is 10.4 Å². The van der Waals surface area contributed by atoms with Crippen molar-refractivity contribution in [3.63, 3.8) is 0 Å². The normalized spacial score (nSPS) is 17.6. The van der Waals surface area contributed by atoms with E-state index in [1.165, 1.54) is 37.7 Å². The first kappa shape index (κ1) is 12.0. The van der Waals surface area contributed by atoms with Crippen molar-refractivity contribution in [2.24, 2.45) is 0 Å². The fourth-order valence-electron chi connectivity index (χ4n) is 2.19. The molecule has 1 aliphatic carbocycles. The number of hydrogen-bond donors (Lipinski definition) is 1. The second-order valence-electron chi connectivity index (χ2n) is 4.55. The van der Waals surface area contributed by atoms with Crippen LogP contribution in [-0.2, 0) is 12.4 Å². The van der Waals surface area contributed by atoms with E-state index in [1.54, 1.807) is 0 Å². The SMILES string of the molecule is OCc1ccc(CSC2CCCCC2)cc1. The van der Waals surface area contributed by atoms with Crippen molar-refractivity contribution >= 4 is 11.8 Å². The number of aliphatic hydroxyl groups is 1. The Morgan fingerprint density at radius 1 is 1.00 bits per heavy atom. The van der Waals surface area contributed by atoms with Crippen molar-refractivity contribution in [2.45, 2.75) is 49.7 Å². The number of benzene rings is 1.